The number of rotatable bonds is 8. The average Bonchev–Trinajstić information content (AvgIpc) is 3.37. The van der Waals surface area contributed by atoms with Crippen molar-refractivity contribution in [2.45, 2.75) is 18.7 Å². The van der Waals surface area contributed by atoms with Crippen LogP contribution in [0.2, 0.25) is 0 Å². The van der Waals surface area contributed by atoms with Gasteiger partial charge in [-0.2, -0.15) is 0 Å². The molecule has 1 aliphatic heterocycles. The molecular formula is C44H38N2O5. The van der Waals surface area contributed by atoms with Gasteiger partial charge < -0.3 is 29.0 Å². The first-order valence-electron chi connectivity index (χ1n) is 16.9. The molecule has 0 atom stereocenters. The minimum Gasteiger partial charge on any atom is -0.497 e. The van der Waals surface area contributed by atoms with E-state index in [-0.39, 0.29) is 0 Å². The summed E-state index contributed by atoms with van der Waals surface area (Å²) >= 11 is 0. The van der Waals surface area contributed by atoms with E-state index in [4.69, 9.17) is 18.9 Å². The van der Waals surface area contributed by atoms with Gasteiger partial charge in [-0.3, -0.25) is 4.98 Å². The number of aliphatic hydroxyl groups is 1. The lowest BCUT2D eigenvalue weighted by Crippen LogP contribution is -2.30. The highest BCUT2D eigenvalue weighted by Crippen LogP contribution is 2.49. The molecule has 0 bridgehead atoms. The molecule has 0 saturated heterocycles. The number of hydrogen-bond donors (Lipinski definition) is 1. The summed E-state index contributed by atoms with van der Waals surface area (Å²) in [5.41, 5.74) is 5.88. The van der Waals surface area contributed by atoms with E-state index in [1.54, 1.807) is 40.6 Å². The SMILES string of the molecule is COc1cc(OC)cc(C(O)(c2cc(OC)cc(OC)c2)c2cc3c(c4ccccc24)-c2c(ccc4ccccc24)CN(c2ccncc2)C3)c1. The summed E-state index contributed by atoms with van der Waals surface area (Å²) < 4.78 is 23.0. The van der Waals surface area contributed by atoms with E-state index in [9.17, 15) is 5.11 Å². The average molecular weight is 675 g/mol. The van der Waals surface area contributed by atoms with Crippen LogP contribution in [0.3, 0.4) is 0 Å². The van der Waals surface area contributed by atoms with Crippen LogP contribution < -0.4 is 23.8 Å². The van der Waals surface area contributed by atoms with Gasteiger partial charge in [-0.25, -0.2) is 0 Å². The molecule has 0 saturated carbocycles. The van der Waals surface area contributed by atoms with E-state index in [2.05, 4.69) is 82.7 Å². The third-order valence-electron chi connectivity index (χ3n) is 10.1. The van der Waals surface area contributed by atoms with Crippen LogP contribution in [0, 0.1) is 0 Å². The monoisotopic (exact) mass is 674 g/mol. The third-order valence-corrected chi connectivity index (χ3v) is 10.1. The van der Waals surface area contributed by atoms with Crippen molar-refractivity contribution in [1.82, 2.24) is 4.98 Å². The maximum absolute atomic E-state index is 13.7. The van der Waals surface area contributed by atoms with E-state index >= 15 is 0 Å². The molecule has 7 nitrogen and oxygen atoms in total. The van der Waals surface area contributed by atoms with Crippen molar-refractivity contribution < 1.29 is 24.1 Å². The van der Waals surface area contributed by atoms with Gasteiger partial charge >= 0.3 is 0 Å². The van der Waals surface area contributed by atoms with Crippen molar-refractivity contribution in [3.05, 3.63) is 155 Å². The summed E-state index contributed by atoms with van der Waals surface area (Å²) in [5.74, 6) is 2.23. The minimum absolute atomic E-state index is 0.556. The van der Waals surface area contributed by atoms with Crippen LogP contribution in [0.5, 0.6) is 23.0 Å². The Bertz CT molecular complexity index is 2310. The fourth-order valence-electron chi connectivity index (χ4n) is 7.61. The van der Waals surface area contributed by atoms with E-state index < -0.39 is 5.60 Å². The fraction of sp³-hybridized carbons (Fsp3) is 0.159. The summed E-state index contributed by atoms with van der Waals surface area (Å²) in [6.45, 7) is 1.30. The lowest BCUT2D eigenvalue weighted by Gasteiger charge is -2.34. The van der Waals surface area contributed by atoms with E-state index in [0.717, 1.165) is 27.6 Å². The number of hydrogen-bond acceptors (Lipinski definition) is 7. The third kappa shape index (κ3) is 5.47. The lowest BCUT2D eigenvalue weighted by atomic mass is 9.75. The van der Waals surface area contributed by atoms with Crippen LogP contribution in [0.1, 0.15) is 27.8 Å². The number of anilines is 1. The van der Waals surface area contributed by atoms with Gasteiger partial charge in [0.1, 0.15) is 28.6 Å². The predicted molar refractivity (Wildman–Crippen MR) is 202 cm³/mol. The normalized spacial score (nSPS) is 12.6. The van der Waals surface area contributed by atoms with Gasteiger partial charge in [-0.15, -0.1) is 0 Å². The standard InChI is InChI=1S/C44H38N2O5/c1-48-34-20-31(21-35(24-34)49-2)44(47,32-22-36(50-3)25-37(23-32)51-4)41-19-30-27-46(33-15-17-45-18-16-33)26-29-14-13-28-9-5-6-10-38(28)42(29)43(30)40-12-8-7-11-39(40)41/h5-25,47H,26-27H2,1-4H3. The second-order valence-electron chi connectivity index (χ2n) is 12.8. The number of methoxy groups -OCH3 is 4. The van der Waals surface area contributed by atoms with E-state index in [0.29, 0.717) is 52.8 Å². The van der Waals surface area contributed by atoms with Crippen molar-refractivity contribution >= 4 is 27.2 Å². The Hall–Kier alpha value is -6.05. The number of aromatic nitrogens is 1. The Morgan fingerprint density at radius 1 is 0.549 bits per heavy atom. The zero-order valence-corrected chi connectivity index (χ0v) is 29.0. The van der Waals surface area contributed by atoms with E-state index in [1.165, 1.54) is 21.9 Å². The zero-order valence-electron chi connectivity index (χ0n) is 29.0. The van der Waals surface area contributed by atoms with Gasteiger partial charge in [-0.1, -0.05) is 60.7 Å². The molecule has 1 aromatic heterocycles. The molecule has 1 aliphatic rings. The summed E-state index contributed by atoms with van der Waals surface area (Å²) in [5, 5.41) is 18.0. The van der Waals surface area contributed by atoms with Crippen molar-refractivity contribution in [2.75, 3.05) is 33.3 Å². The summed E-state index contributed by atoms with van der Waals surface area (Å²) in [4.78, 5) is 6.68. The second kappa shape index (κ2) is 13.0. The van der Waals surface area contributed by atoms with Crippen molar-refractivity contribution in [1.29, 1.82) is 0 Å². The van der Waals surface area contributed by atoms with Crippen LogP contribution in [0.4, 0.5) is 5.69 Å². The molecule has 0 fully saturated rings. The van der Waals surface area contributed by atoms with Crippen LogP contribution in [0.15, 0.2) is 128 Å². The summed E-state index contributed by atoms with van der Waals surface area (Å²) in [7, 11) is 6.44. The molecule has 6 aromatic carbocycles. The summed E-state index contributed by atoms with van der Waals surface area (Å²) in [6, 6.07) is 38.8. The van der Waals surface area contributed by atoms with Crippen molar-refractivity contribution in [2.24, 2.45) is 0 Å². The maximum atomic E-state index is 13.7. The Labute approximate surface area is 297 Å². The second-order valence-corrected chi connectivity index (χ2v) is 12.8. The molecule has 0 aliphatic carbocycles. The topological polar surface area (TPSA) is 73.3 Å². The Balaban J connectivity index is 1.51. The molecule has 0 radical (unpaired) electrons. The molecule has 2 heterocycles. The molecule has 0 unspecified atom stereocenters. The largest absolute Gasteiger partial charge is 0.497 e. The quantitative estimate of drug-likeness (QED) is 0.162. The molecule has 7 heteroatoms. The molecule has 0 spiro atoms. The van der Waals surface area contributed by atoms with Crippen LogP contribution in [-0.4, -0.2) is 38.5 Å². The lowest BCUT2D eigenvalue weighted by molar-refractivity contribution is 0.126. The van der Waals surface area contributed by atoms with Gasteiger partial charge in [0.15, 0.2) is 0 Å². The smallest absolute Gasteiger partial charge is 0.141 e. The molecule has 51 heavy (non-hydrogen) atoms. The highest BCUT2D eigenvalue weighted by Gasteiger charge is 2.39. The Kier molecular flexibility index (Phi) is 8.21. The molecule has 254 valence electrons. The van der Waals surface area contributed by atoms with Gasteiger partial charge in [0.25, 0.3) is 0 Å². The van der Waals surface area contributed by atoms with E-state index in [1.807, 2.05) is 42.7 Å². The highest BCUT2D eigenvalue weighted by molar-refractivity contribution is 6.09. The molecule has 0 amide bonds. The van der Waals surface area contributed by atoms with Crippen molar-refractivity contribution in [3.63, 3.8) is 0 Å². The summed E-state index contributed by atoms with van der Waals surface area (Å²) in [6.07, 6.45) is 3.67. The number of fused-ring (bicyclic) bond motifs is 7. The van der Waals surface area contributed by atoms with Crippen LogP contribution >= 0.6 is 0 Å². The number of ether oxygens (including phenoxy) is 4. The number of benzene rings is 6. The first-order chi connectivity index (χ1) is 24.9. The van der Waals surface area contributed by atoms with Gasteiger partial charge in [0.2, 0.25) is 0 Å². The zero-order chi connectivity index (χ0) is 35.1. The van der Waals surface area contributed by atoms with Crippen LogP contribution in [0.25, 0.3) is 32.7 Å². The molecule has 1 N–H and O–H groups in total. The first kappa shape index (κ1) is 32.2. The highest BCUT2D eigenvalue weighted by atomic mass is 16.5. The van der Waals surface area contributed by atoms with Crippen LogP contribution in [-0.2, 0) is 18.7 Å². The molecular weight excluding hydrogens is 636 g/mol. The maximum Gasteiger partial charge on any atom is 0.141 e. The van der Waals surface area contributed by atoms with Gasteiger partial charge in [-0.05, 0) is 97.4 Å². The minimum atomic E-state index is -1.71. The predicted octanol–water partition coefficient (Wildman–Crippen LogP) is 8.89. The van der Waals surface area contributed by atoms with Gasteiger partial charge in [0.05, 0.1) is 28.4 Å². The number of nitrogens with zero attached hydrogens (tertiary/aromatic N) is 2. The molecule has 7 aromatic rings. The fourth-order valence-corrected chi connectivity index (χ4v) is 7.61. The Morgan fingerprint density at radius 3 is 1.65 bits per heavy atom. The van der Waals surface area contributed by atoms with Crippen molar-refractivity contribution in [3.8, 4) is 34.1 Å². The number of pyridine rings is 1. The van der Waals surface area contributed by atoms with Gasteiger partial charge in [0, 0.05) is 48.9 Å². The first-order valence-corrected chi connectivity index (χ1v) is 16.9. The molecule has 8 rings (SSSR count). The Morgan fingerprint density at radius 2 is 1.06 bits per heavy atom.